The number of benzene rings is 1. The summed E-state index contributed by atoms with van der Waals surface area (Å²) in [5, 5.41) is 3.03. The van der Waals surface area contributed by atoms with Crippen molar-refractivity contribution in [3.8, 4) is 5.75 Å². The second kappa shape index (κ2) is 10.7. The number of hydrogen-bond donors (Lipinski definition) is 1. The molecule has 1 aliphatic rings. The molecule has 1 unspecified atom stereocenters. The molecular weight excluding hydrogens is 380 g/mol. The van der Waals surface area contributed by atoms with Gasteiger partial charge in [0.2, 0.25) is 5.91 Å². The maximum Gasteiger partial charge on any atom is 0.237 e. The second-order valence-electron chi connectivity index (χ2n) is 6.10. The van der Waals surface area contributed by atoms with Crippen molar-refractivity contribution in [3.63, 3.8) is 0 Å². The highest BCUT2D eigenvalue weighted by molar-refractivity contribution is 7.91. The van der Waals surface area contributed by atoms with Crippen LogP contribution in [-0.2, 0) is 25.9 Å². The van der Waals surface area contributed by atoms with E-state index in [4.69, 9.17) is 9.47 Å². The normalized spacial score (nSPS) is 18.2. The van der Waals surface area contributed by atoms with E-state index in [9.17, 15) is 13.2 Å². The number of sulfone groups is 1. The van der Waals surface area contributed by atoms with Gasteiger partial charge in [-0.15, -0.1) is 12.4 Å². The molecule has 26 heavy (non-hydrogen) atoms. The summed E-state index contributed by atoms with van der Waals surface area (Å²) in [6.07, 6.45) is 0.488. The fourth-order valence-electron chi connectivity index (χ4n) is 2.84. The fraction of sp³-hybridized carbons (Fsp3) is 0.588. The lowest BCUT2D eigenvalue weighted by molar-refractivity contribution is -0.132. The third-order valence-corrected chi connectivity index (χ3v) is 5.99. The minimum absolute atomic E-state index is 0. The van der Waals surface area contributed by atoms with Gasteiger partial charge in [0.25, 0.3) is 0 Å². The third kappa shape index (κ3) is 6.75. The van der Waals surface area contributed by atoms with Crippen LogP contribution in [-0.4, -0.2) is 70.7 Å². The molecule has 9 heteroatoms. The number of ether oxygens (including phenoxy) is 2. The van der Waals surface area contributed by atoms with E-state index in [1.54, 1.807) is 19.1 Å². The van der Waals surface area contributed by atoms with Crippen LogP contribution >= 0.6 is 12.4 Å². The molecule has 1 atom stereocenters. The molecule has 148 valence electrons. The summed E-state index contributed by atoms with van der Waals surface area (Å²) in [7, 11) is 0.137. The van der Waals surface area contributed by atoms with Gasteiger partial charge in [-0.1, -0.05) is 12.1 Å². The van der Waals surface area contributed by atoms with Crippen molar-refractivity contribution in [1.29, 1.82) is 0 Å². The lowest BCUT2D eigenvalue weighted by Crippen LogP contribution is -2.45. The summed E-state index contributed by atoms with van der Waals surface area (Å²) in [4.78, 5) is 14.3. The first-order valence-corrected chi connectivity index (χ1v) is 10.1. The lowest BCUT2D eigenvalue weighted by atomic mass is 10.1. The maximum absolute atomic E-state index is 12.6. The van der Waals surface area contributed by atoms with Gasteiger partial charge in [0.05, 0.1) is 31.8 Å². The van der Waals surface area contributed by atoms with Crippen LogP contribution in [0.25, 0.3) is 0 Å². The van der Waals surface area contributed by atoms with Crippen molar-refractivity contribution in [2.75, 3.05) is 45.4 Å². The van der Waals surface area contributed by atoms with E-state index in [1.807, 2.05) is 24.3 Å². The number of carbonyl (C=O) groups excluding carboxylic acids is 1. The molecule has 0 bridgehead atoms. The molecule has 0 radical (unpaired) electrons. The summed E-state index contributed by atoms with van der Waals surface area (Å²) in [5.74, 6) is 0.814. The summed E-state index contributed by atoms with van der Waals surface area (Å²) < 4.78 is 33.7. The Balaban J connectivity index is 0.00000338. The lowest BCUT2D eigenvalue weighted by Gasteiger charge is -2.28. The maximum atomic E-state index is 12.6. The Kier molecular flexibility index (Phi) is 9.35. The molecule has 0 aromatic heterocycles. The Bertz CT molecular complexity index is 666. The molecule has 0 spiro atoms. The molecule has 1 aromatic rings. The van der Waals surface area contributed by atoms with E-state index < -0.39 is 9.84 Å². The van der Waals surface area contributed by atoms with Crippen LogP contribution < -0.4 is 10.1 Å². The zero-order chi connectivity index (χ0) is 18.3. The molecule has 1 saturated heterocycles. The number of carbonyl (C=O) groups is 1. The molecule has 1 aromatic carbocycles. The quantitative estimate of drug-likeness (QED) is 0.612. The zero-order valence-electron chi connectivity index (χ0n) is 15.1. The number of nitrogens with zero attached hydrogens (tertiary/aromatic N) is 1. The highest BCUT2D eigenvalue weighted by Crippen LogP contribution is 2.21. The number of nitrogens with one attached hydrogen (secondary N) is 1. The van der Waals surface area contributed by atoms with Crippen molar-refractivity contribution in [2.24, 2.45) is 0 Å². The van der Waals surface area contributed by atoms with Gasteiger partial charge in [0.15, 0.2) is 9.84 Å². The van der Waals surface area contributed by atoms with Gasteiger partial charge < -0.3 is 19.7 Å². The van der Waals surface area contributed by atoms with E-state index in [-0.39, 0.29) is 42.4 Å². The fourth-order valence-corrected chi connectivity index (χ4v) is 4.57. The molecule has 1 aliphatic heterocycles. The number of amides is 1. The van der Waals surface area contributed by atoms with Crippen molar-refractivity contribution in [1.82, 2.24) is 10.2 Å². The minimum Gasteiger partial charge on any atom is -0.497 e. The first-order chi connectivity index (χ1) is 11.9. The molecule has 1 amide bonds. The van der Waals surface area contributed by atoms with Gasteiger partial charge in [-0.2, -0.15) is 0 Å². The van der Waals surface area contributed by atoms with Crippen LogP contribution in [0.15, 0.2) is 24.3 Å². The summed E-state index contributed by atoms with van der Waals surface area (Å²) in [6, 6.07) is 7.17. The van der Waals surface area contributed by atoms with Gasteiger partial charge in [-0.05, 0) is 24.1 Å². The Labute approximate surface area is 161 Å². The van der Waals surface area contributed by atoms with E-state index in [1.165, 1.54) is 0 Å². The Morgan fingerprint density at radius 3 is 2.50 bits per heavy atom. The number of methoxy groups -OCH3 is 2. The highest BCUT2D eigenvalue weighted by atomic mass is 35.5. The van der Waals surface area contributed by atoms with E-state index in [2.05, 4.69) is 5.32 Å². The van der Waals surface area contributed by atoms with Gasteiger partial charge in [-0.25, -0.2) is 8.42 Å². The van der Waals surface area contributed by atoms with E-state index >= 15 is 0 Å². The second-order valence-corrected chi connectivity index (χ2v) is 8.32. The van der Waals surface area contributed by atoms with E-state index in [0.29, 0.717) is 26.1 Å². The van der Waals surface area contributed by atoms with Crippen LogP contribution in [0.4, 0.5) is 0 Å². The largest absolute Gasteiger partial charge is 0.497 e. The molecule has 2 rings (SSSR count). The average molecular weight is 407 g/mol. The molecular formula is C17H27ClN2O5S. The first kappa shape index (κ1) is 22.7. The van der Waals surface area contributed by atoms with Crippen molar-refractivity contribution < 1.29 is 22.7 Å². The average Bonchev–Trinajstić information content (AvgIpc) is 2.96. The molecule has 7 nitrogen and oxygen atoms in total. The van der Waals surface area contributed by atoms with Gasteiger partial charge in [-0.3, -0.25) is 4.79 Å². The Morgan fingerprint density at radius 1 is 1.27 bits per heavy atom. The Hall–Kier alpha value is -1.35. The molecule has 0 saturated carbocycles. The molecule has 1 heterocycles. The van der Waals surface area contributed by atoms with Crippen LogP contribution in [0, 0.1) is 0 Å². The van der Waals surface area contributed by atoms with Crippen LogP contribution in [0.3, 0.4) is 0 Å². The van der Waals surface area contributed by atoms with Gasteiger partial charge in [0, 0.05) is 26.2 Å². The van der Waals surface area contributed by atoms with Crippen molar-refractivity contribution in [2.45, 2.75) is 19.0 Å². The highest BCUT2D eigenvalue weighted by Gasteiger charge is 2.34. The third-order valence-electron chi connectivity index (χ3n) is 4.24. The number of halogens is 1. The van der Waals surface area contributed by atoms with E-state index in [0.717, 1.165) is 11.3 Å². The SMILES string of the molecule is COCCNCC(=O)N(Cc1ccc(OC)cc1)C1CCS(=O)(=O)C1.Cl. The predicted octanol–water partition coefficient (Wildman–Crippen LogP) is 0.869. The van der Waals surface area contributed by atoms with Gasteiger partial charge >= 0.3 is 0 Å². The predicted molar refractivity (Wildman–Crippen MR) is 103 cm³/mol. The Morgan fingerprint density at radius 2 is 1.96 bits per heavy atom. The zero-order valence-corrected chi connectivity index (χ0v) is 16.8. The summed E-state index contributed by atoms with van der Waals surface area (Å²) in [5.41, 5.74) is 0.940. The molecule has 1 fully saturated rings. The van der Waals surface area contributed by atoms with Crippen LogP contribution in [0.2, 0.25) is 0 Å². The molecule has 0 aliphatic carbocycles. The van der Waals surface area contributed by atoms with Crippen LogP contribution in [0.5, 0.6) is 5.75 Å². The minimum atomic E-state index is -3.06. The van der Waals surface area contributed by atoms with Gasteiger partial charge in [0.1, 0.15) is 5.75 Å². The number of hydrogen-bond acceptors (Lipinski definition) is 6. The standard InChI is InChI=1S/C17H26N2O5S.ClH/c1-23-9-8-18-11-17(20)19(15-7-10-25(21,22)13-15)12-14-3-5-16(24-2)6-4-14;/h3-6,15,18H,7-13H2,1-2H3;1H. The van der Waals surface area contributed by atoms with Crippen LogP contribution in [0.1, 0.15) is 12.0 Å². The topological polar surface area (TPSA) is 84.9 Å². The number of rotatable bonds is 9. The summed E-state index contributed by atoms with van der Waals surface area (Å²) in [6.45, 7) is 1.64. The summed E-state index contributed by atoms with van der Waals surface area (Å²) >= 11 is 0. The van der Waals surface area contributed by atoms with Crippen molar-refractivity contribution in [3.05, 3.63) is 29.8 Å². The van der Waals surface area contributed by atoms with Crippen molar-refractivity contribution >= 4 is 28.2 Å². The molecule has 1 N–H and O–H groups in total. The smallest absolute Gasteiger partial charge is 0.237 e. The first-order valence-electron chi connectivity index (χ1n) is 8.27. The monoisotopic (exact) mass is 406 g/mol.